The first-order chi connectivity index (χ1) is 11.3. The van der Waals surface area contributed by atoms with Gasteiger partial charge in [0.25, 0.3) is 0 Å². The minimum absolute atomic E-state index is 0.644. The fourth-order valence-corrected chi connectivity index (χ4v) is 3.69. The molecule has 1 aromatic carbocycles. The maximum Gasteiger partial charge on any atom is 0.161 e. The number of hydrogen-bond donors (Lipinski definition) is 1. The van der Waals surface area contributed by atoms with Crippen LogP contribution in [-0.4, -0.2) is 37.0 Å². The molecule has 23 heavy (non-hydrogen) atoms. The summed E-state index contributed by atoms with van der Waals surface area (Å²) in [5.41, 5.74) is 4.71. The quantitative estimate of drug-likeness (QED) is 0.917. The Labute approximate surface area is 136 Å². The number of benzene rings is 1. The second-order valence-corrected chi connectivity index (χ2v) is 6.31. The number of fused-ring (bicyclic) bond motifs is 2. The predicted octanol–water partition coefficient (Wildman–Crippen LogP) is 3.57. The zero-order chi connectivity index (χ0) is 15.8. The Morgan fingerprint density at radius 1 is 1.26 bits per heavy atom. The highest BCUT2D eigenvalue weighted by molar-refractivity contribution is 5.80. The van der Waals surface area contributed by atoms with E-state index in [1.807, 2.05) is 12.1 Å². The Morgan fingerprint density at radius 3 is 2.83 bits per heavy atom. The third kappa shape index (κ3) is 2.35. The molecule has 4 heterocycles. The zero-order valence-electron chi connectivity index (χ0n) is 13.8. The number of aromatic amines is 1. The van der Waals surface area contributed by atoms with Gasteiger partial charge in [-0.2, -0.15) is 5.10 Å². The van der Waals surface area contributed by atoms with Gasteiger partial charge < -0.3 is 14.4 Å². The van der Waals surface area contributed by atoms with Gasteiger partial charge in [-0.3, -0.25) is 5.10 Å². The van der Waals surface area contributed by atoms with Crippen LogP contribution in [-0.2, 0) is 0 Å². The maximum absolute atomic E-state index is 5.75. The highest BCUT2D eigenvalue weighted by Gasteiger charge is 2.35. The van der Waals surface area contributed by atoms with Crippen LogP contribution in [0, 0.1) is 0 Å². The van der Waals surface area contributed by atoms with Crippen LogP contribution in [0.3, 0.4) is 0 Å². The van der Waals surface area contributed by atoms with E-state index in [0.29, 0.717) is 12.5 Å². The molecule has 1 fully saturated rings. The number of anilines is 1. The Hall–Kier alpha value is -2.17. The average Bonchev–Trinajstić information content (AvgIpc) is 3.08. The lowest BCUT2D eigenvalue weighted by Crippen LogP contribution is -2.38. The van der Waals surface area contributed by atoms with Crippen molar-refractivity contribution in [3.63, 3.8) is 0 Å². The lowest BCUT2D eigenvalue weighted by molar-refractivity contribution is 0.294. The van der Waals surface area contributed by atoms with Gasteiger partial charge in [0.1, 0.15) is 5.69 Å². The van der Waals surface area contributed by atoms with Gasteiger partial charge >= 0.3 is 0 Å². The highest BCUT2D eigenvalue weighted by atomic mass is 16.5. The van der Waals surface area contributed by atoms with Crippen molar-refractivity contribution in [3.8, 4) is 22.8 Å². The fourth-order valence-electron chi connectivity index (χ4n) is 3.69. The maximum atomic E-state index is 5.75. The molecule has 1 N–H and O–H groups in total. The molecule has 0 saturated carbocycles. The molecule has 0 radical (unpaired) electrons. The van der Waals surface area contributed by atoms with Gasteiger partial charge in [-0.1, -0.05) is 6.92 Å². The molecule has 3 aliphatic heterocycles. The Morgan fingerprint density at radius 2 is 2.09 bits per heavy atom. The number of H-pyrrole nitrogens is 1. The van der Waals surface area contributed by atoms with E-state index >= 15 is 0 Å². The van der Waals surface area contributed by atoms with Crippen LogP contribution in [0.5, 0.6) is 11.5 Å². The Kier molecular flexibility index (Phi) is 3.63. The third-order valence-electron chi connectivity index (χ3n) is 4.89. The second-order valence-electron chi connectivity index (χ2n) is 6.31. The topological polar surface area (TPSA) is 50.4 Å². The van der Waals surface area contributed by atoms with E-state index in [0.717, 1.165) is 42.3 Å². The van der Waals surface area contributed by atoms with Gasteiger partial charge in [-0.05, 0) is 37.5 Å². The van der Waals surface area contributed by atoms with Crippen molar-refractivity contribution in [2.45, 2.75) is 32.1 Å². The molecule has 5 rings (SSSR count). The molecule has 122 valence electrons. The number of nitrogens with zero attached hydrogens (tertiary/aromatic N) is 2. The van der Waals surface area contributed by atoms with Gasteiger partial charge in [0.05, 0.1) is 25.1 Å². The van der Waals surface area contributed by atoms with Gasteiger partial charge in [0.2, 0.25) is 0 Å². The van der Waals surface area contributed by atoms with Crippen LogP contribution in [0.2, 0.25) is 0 Å². The van der Waals surface area contributed by atoms with E-state index in [2.05, 4.69) is 28.1 Å². The molecule has 0 unspecified atom stereocenters. The standard InChI is InChI=1S/C18H23N3O2/c1-3-10-23-14-5-4-13(11-15(14)22-2)17-18-16(19-20-17)12-6-8-21(18)9-7-12/h4-5,11-12H,3,6-10H2,1-2H3,(H,19,20). The normalized spacial score (nSPS) is 16.5. The second kappa shape index (κ2) is 5.80. The Balaban J connectivity index is 1.72. The first-order valence-corrected chi connectivity index (χ1v) is 8.46. The van der Waals surface area contributed by atoms with Crippen LogP contribution >= 0.6 is 0 Å². The van der Waals surface area contributed by atoms with E-state index < -0.39 is 0 Å². The minimum atomic E-state index is 0.644. The zero-order valence-corrected chi connectivity index (χ0v) is 13.8. The van der Waals surface area contributed by atoms with Crippen molar-refractivity contribution in [1.82, 2.24) is 10.2 Å². The van der Waals surface area contributed by atoms with Gasteiger partial charge in [-0.15, -0.1) is 0 Å². The number of methoxy groups -OCH3 is 1. The summed E-state index contributed by atoms with van der Waals surface area (Å²) in [5, 5.41) is 7.89. The van der Waals surface area contributed by atoms with Crippen molar-refractivity contribution in [2.24, 2.45) is 0 Å². The third-order valence-corrected chi connectivity index (χ3v) is 4.89. The lowest BCUT2D eigenvalue weighted by atomic mass is 9.86. The summed E-state index contributed by atoms with van der Waals surface area (Å²) >= 11 is 0. The number of piperidine rings is 1. The smallest absolute Gasteiger partial charge is 0.161 e. The summed E-state index contributed by atoms with van der Waals surface area (Å²) in [7, 11) is 1.68. The number of rotatable bonds is 5. The van der Waals surface area contributed by atoms with E-state index in [-0.39, 0.29) is 0 Å². The van der Waals surface area contributed by atoms with E-state index in [1.165, 1.54) is 24.2 Å². The monoisotopic (exact) mass is 313 g/mol. The molecule has 0 amide bonds. The fraction of sp³-hybridized carbons (Fsp3) is 0.500. The van der Waals surface area contributed by atoms with E-state index in [9.17, 15) is 0 Å². The van der Waals surface area contributed by atoms with Crippen LogP contribution in [0.4, 0.5) is 5.69 Å². The molecule has 0 atom stereocenters. The summed E-state index contributed by atoms with van der Waals surface area (Å²) in [6, 6.07) is 6.10. The molecule has 0 aliphatic carbocycles. The van der Waals surface area contributed by atoms with E-state index in [4.69, 9.17) is 9.47 Å². The van der Waals surface area contributed by atoms with Crippen LogP contribution < -0.4 is 14.4 Å². The number of hydrogen-bond acceptors (Lipinski definition) is 4. The summed E-state index contributed by atoms with van der Waals surface area (Å²) in [6.07, 6.45) is 3.46. The molecule has 0 spiro atoms. The molecule has 1 saturated heterocycles. The van der Waals surface area contributed by atoms with Gasteiger partial charge in [0, 0.05) is 24.6 Å². The van der Waals surface area contributed by atoms with Crippen LogP contribution in [0.1, 0.15) is 37.8 Å². The summed E-state index contributed by atoms with van der Waals surface area (Å²) < 4.78 is 11.3. The number of nitrogens with one attached hydrogen (secondary N) is 1. The average molecular weight is 313 g/mol. The summed E-state index contributed by atoms with van der Waals surface area (Å²) in [5.74, 6) is 2.21. The SMILES string of the molecule is CCCOc1ccc(-c2n[nH]c3c2N2CCC3CC2)cc1OC. The molecule has 2 aromatic rings. The largest absolute Gasteiger partial charge is 0.493 e. The van der Waals surface area contributed by atoms with E-state index in [1.54, 1.807) is 7.11 Å². The van der Waals surface area contributed by atoms with Crippen LogP contribution in [0.15, 0.2) is 18.2 Å². The molecule has 3 aliphatic rings. The highest BCUT2D eigenvalue weighted by Crippen LogP contribution is 2.46. The lowest BCUT2D eigenvalue weighted by Gasteiger charge is -2.40. The molecule has 1 aromatic heterocycles. The first-order valence-electron chi connectivity index (χ1n) is 8.46. The summed E-state index contributed by atoms with van der Waals surface area (Å²) in [4.78, 5) is 2.46. The molecular formula is C18H23N3O2. The first kappa shape index (κ1) is 14.4. The Bertz CT molecular complexity index is 702. The van der Waals surface area contributed by atoms with Crippen molar-refractivity contribution < 1.29 is 9.47 Å². The molecule has 2 bridgehead atoms. The number of aromatic nitrogens is 2. The van der Waals surface area contributed by atoms with Crippen LogP contribution in [0.25, 0.3) is 11.3 Å². The van der Waals surface area contributed by atoms with Gasteiger partial charge in [-0.25, -0.2) is 0 Å². The molecule has 5 heteroatoms. The van der Waals surface area contributed by atoms with Crippen molar-refractivity contribution in [2.75, 3.05) is 31.7 Å². The number of ether oxygens (including phenoxy) is 2. The summed E-state index contributed by atoms with van der Waals surface area (Å²) in [6.45, 7) is 5.07. The molecular weight excluding hydrogens is 290 g/mol. The molecule has 5 nitrogen and oxygen atoms in total. The van der Waals surface area contributed by atoms with Crippen molar-refractivity contribution in [1.29, 1.82) is 0 Å². The van der Waals surface area contributed by atoms with Crippen molar-refractivity contribution >= 4 is 5.69 Å². The van der Waals surface area contributed by atoms with Crippen molar-refractivity contribution in [3.05, 3.63) is 23.9 Å². The predicted molar refractivity (Wildman–Crippen MR) is 90.5 cm³/mol. The van der Waals surface area contributed by atoms with Gasteiger partial charge in [0.15, 0.2) is 11.5 Å². The minimum Gasteiger partial charge on any atom is -0.493 e.